The van der Waals surface area contributed by atoms with E-state index in [0.29, 0.717) is 6.42 Å². The van der Waals surface area contributed by atoms with Gasteiger partial charge < -0.3 is 50.0 Å². The van der Waals surface area contributed by atoms with Crippen LogP contribution in [0.25, 0.3) is 0 Å². The molecule has 34 heavy (non-hydrogen) atoms. The molecular formula is C22H40N2O10. The van der Waals surface area contributed by atoms with Gasteiger partial charge in [0.15, 0.2) is 0 Å². The van der Waals surface area contributed by atoms with Gasteiger partial charge in [0, 0.05) is 32.8 Å². The van der Waals surface area contributed by atoms with E-state index in [1.165, 1.54) is 21.0 Å². The second-order valence-corrected chi connectivity index (χ2v) is 8.95. The third kappa shape index (κ3) is 7.08. The van der Waals surface area contributed by atoms with E-state index in [2.05, 4.69) is 10.6 Å². The van der Waals surface area contributed by atoms with Crippen LogP contribution in [0.1, 0.15) is 27.2 Å². The van der Waals surface area contributed by atoms with Crippen LogP contribution in [-0.4, -0.2) is 121 Å². The van der Waals surface area contributed by atoms with E-state index in [-0.39, 0.29) is 50.8 Å². The summed E-state index contributed by atoms with van der Waals surface area (Å²) in [5.41, 5.74) is 0. The third-order valence-corrected chi connectivity index (χ3v) is 6.56. The molecule has 0 aliphatic carbocycles. The van der Waals surface area contributed by atoms with Crippen LogP contribution in [0.3, 0.4) is 0 Å². The summed E-state index contributed by atoms with van der Waals surface area (Å²) in [4.78, 5) is 23.4. The van der Waals surface area contributed by atoms with Crippen molar-refractivity contribution in [2.24, 2.45) is 11.8 Å². The molecule has 12 heteroatoms. The molecule has 0 saturated carbocycles. The first-order chi connectivity index (χ1) is 16.2. The summed E-state index contributed by atoms with van der Waals surface area (Å²) in [6.07, 6.45) is -4.28. The zero-order valence-corrected chi connectivity index (χ0v) is 20.3. The van der Waals surface area contributed by atoms with Gasteiger partial charge in [-0.05, 0) is 6.42 Å². The number of ether oxygens (including phenoxy) is 4. The van der Waals surface area contributed by atoms with Gasteiger partial charge in [-0.2, -0.15) is 0 Å². The summed E-state index contributed by atoms with van der Waals surface area (Å²) in [6, 6.07) is -1.51. The number of hydrogen-bond acceptors (Lipinski definition) is 10. The van der Waals surface area contributed by atoms with E-state index in [1.54, 1.807) is 0 Å². The van der Waals surface area contributed by atoms with Gasteiger partial charge in [0.2, 0.25) is 11.8 Å². The van der Waals surface area contributed by atoms with Crippen molar-refractivity contribution in [3.8, 4) is 0 Å². The fourth-order valence-corrected chi connectivity index (χ4v) is 4.90. The van der Waals surface area contributed by atoms with Gasteiger partial charge >= 0.3 is 0 Å². The van der Waals surface area contributed by atoms with Gasteiger partial charge in [0.1, 0.15) is 12.2 Å². The molecule has 2 aliphatic rings. The van der Waals surface area contributed by atoms with Crippen LogP contribution in [0.2, 0.25) is 0 Å². The molecule has 0 bridgehead atoms. The average Bonchev–Trinajstić information content (AvgIpc) is 2.78. The number of aliphatic hydroxyl groups is 4. The van der Waals surface area contributed by atoms with Crippen molar-refractivity contribution < 1.29 is 49.0 Å². The van der Waals surface area contributed by atoms with Gasteiger partial charge in [-0.1, -0.05) is 6.92 Å². The number of carbonyl (C=O) groups is 2. The molecule has 0 aromatic rings. The maximum atomic E-state index is 11.7. The highest BCUT2D eigenvalue weighted by Crippen LogP contribution is 2.30. The highest BCUT2D eigenvalue weighted by atomic mass is 16.6. The maximum Gasteiger partial charge on any atom is 0.217 e. The number of carbonyl (C=O) groups excluding carboxylic acids is 2. The van der Waals surface area contributed by atoms with Gasteiger partial charge in [-0.3, -0.25) is 9.59 Å². The molecule has 0 radical (unpaired) electrons. The minimum absolute atomic E-state index is 0.0497. The van der Waals surface area contributed by atoms with Crippen molar-refractivity contribution in [1.82, 2.24) is 10.6 Å². The third-order valence-electron chi connectivity index (χ3n) is 6.56. The van der Waals surface area contributed by atoms with E-state index in [9.17, 15) is 30.0 Å². The normalized spacial score (nSPS) is 38.4. The van der Waals surface area contributed by atoms with Crippen molar-refractivity contribution in [2.45, 2.75) is 75.9 Å². The standard InChI is InChI=1S/C22H40N2O10/c1-5-13-15(6-25)33-18(20(21(13)29)24-12(3)28)10-32-8-14-16(7-26)34-17(9-31-4)19(22(14)30)23-11(2)27/h13-22,25-26,29-30H,5-10H2,1-4H3,(H,23,27)(H,24,28). The zero-order chi connectivity index (χ0) is 25.4. The van der Waals surface area contributed by atoms with Crippen LogP contribution in [-0.2, 0) is 28.5 Å². The van der Waals surface area contributed by atoms with Gasteiger partial charge in [-0.15, -0.1) is 0 Å². The molecule has 0 aromatic carbocycles. The Balaban J connectivity index is 2.10. The molecule has 2 rings (SSSR count). The summed E-state index contributed by atoms with van der Waals surface area (Å²) in [6.45, 7) is 3.87. The fraction of sp³-hybridized carbons (Fsp3) is 0.909. The van der Waals surface area contributed by atoms with Crippen molar-refractivity contribution in [3.63, 3.8) is 0 Å². The molecule has 6 N–H and O–H groups in total. The zero-order valence-electron chi connectivity index (χ0n) is 20.3. The van der Waals surface area contributed by atoms with Crippen LogP contribution < -0.4 is 10.6 Å². The lowest BCUT2D eigenvalue weighted by Gasteiger charge is -2.46. The number of amides is 2. The monoisotopic (exact) mass is 492 g/mol. The number of nitrogens with one attached hydrogen (secondary N) is 2. The minimum atomic E-state index is -1.09. The maximum absolute atomic E-state index is 11.7. The summed E-state index contributed by atoms with van der Waals surface area (Å²) in [7, 11) is 1.47. The molecule has 2 amide bonds. The lowest BCUT2D eigenvalue weighted by Crippen LogP contribution is -2.64. The van der Waals surface area contributed by atoms with Gasteiger partial charge in [0.25, 0.3) is 0 Å². The summed E-state index contributed by atoms with van der Waals surface area (Å²) in [5, 5.41) is 46.7. The fourth-order valence-electron chi connectivity index (χ4n) is 4.90. The molecule has 0 aromatic heterocycles. The SMILES string of the molecule is CCC1C(CO)OC(COCC2C(CO)OC(COC)C(NC(C)=O)C2O)C(NC(C)=O)C1O. The first kappa shape index (κ1) is 28.9. The van der Waals surface area contributed by atoms with Crippen LogP contribution >= 0.6 is 0 Å². The van der Waals surface area contributed by atoms with Crippen molar-refractivity contribution >= 4 is 11.8 Å². The molecule has 0 spiro atoms. The van der Waals surface area contributed by atoms with Gasteiger partial charge in [-0.25, -0.2) is 0 Å². The minimum Gasteiger partial charge on any atom is -0.394 e. The van der Waals surface area contributed by atoms with E-state index in [4.69, 9.17) is 18.9 Å². The molecule has 2 heterocycles. The Morgan fingerprint density at radius 1 is 0.794 bits per heavy atom. The number of methoxy groups -OCH3 is 1. The van der Waals surface area contributed by atoms with Crippen LogP contribution in [0.15, 0.2) is 0 Å². The Hall–Kier alpha value is -1.38. The molecule has 2 fully saturated rings. The van der Waals surface area contributed by atoms with Crippen molar-refractivity contribution in [2.75, 3.05) is 40.1 Å². The Morgan fingerprint density at radius 3 is 1.71 bits per heavy atom. The molecule has 10 atom stereocenters. The molecular weight excluding hydrogens is 452 g/mol. The van der Waals surface area contributed by atoms with Crippen molar-refractivity contribution in [1.29, 1.82) is 0 Å². The second-order valence-electron chi connectivity index (χ2n) is 8.95. The van der Waals surface area contributed by atoms with E-state index in [0.717, 1.165) is 0 Å². The van der Waals surface area contributed by atoms with Crippen molar-refractivity contribution in [3.05, 3.63) is 0 Å². The van der Waals surface area contributed by atoms with Crippen LogP contribution in [0.5, 0.6) is 0 Å². The Kier molecular flexibility index (Phi) is 11.6. The summed E-state index contributed by atoms with van der Waals surface area (Å²) >= 11 is 0. The Labute approximate surface area is 199 Å². The summed E-state index contributed by atoms with van der Waals surface area (Å²) < 4.78 is 22.8. The summed E-state index contributed by atoms with van der Waals surface area (Å²) in [5.74, 6) is -1.73. The second kappa shape index (κ2) is 13.6. The highest BCUT2D eigenvalue weighted by Gasteiger charge is 2.47. The number of hydrogen-bond donors (Lipinski definition) is 6. The highest BCUT2D eigenvalue weighted by molar-refractivity contribution is 5.73. The lowest BCUT2D eigenvalue weighted by molar-refractivity contribution is -0.205. The topological polar surface area (TPSA) is 176 Å². The Bertz CT molecular complexity index is 653. The molecule has 10 unspecified atom stereocenters. The van der Waals surface area contributed by atoms with E-state index in [1.807, 2.05) is 6.92 Å². The number of aliphatic hydroxyl groups excluding tert-OH is 4. The largest absolute Gasteiger partial charge is 0.394 e. The molecule has 198 valence electrons. The molecule has 2 saturated heterocycles. The smallest absolute Gasteiger partial charge is 0.217 e. The van der Waals surface area contributed by atoms with Gasteiger partial charge in [0.05, 0.1) is 69.5 Å². The predicted octanol–water partition coefficient (Wildman–Crippen LogP) is -2.46. The van der Waals surface area contributed by atoms with E-state index < -0.39 is 54.6 Å². The Morgan fingerprint density at radius 2 is 1.26 bits per heavy atom. The quantitative estimate of drug-likeness (QED) is 0.181. The molecule has 12 nitrogen and oxygen atoms in total. The first-order valence-corrected chi connectivity index (χ1v) is 11.7. The first-order valence-electron chi connectivity index (χ1n) is 11.7. The van der Waals surface area contributed by atoms with Crippen LogP contribution in [0, 0.1) is 11.8 Å². The molecule has 2 aliphatic heterocycles. The van der Waals surface area contributed by atoms with E-state index >= 15 is 0 Å². The lowest BCUT2D eigenvalue weighted by atomic mass is 9.83. The average molecular weight is 493 g/mol. The number of rotatable bonds is 11. The predicted molar refractivity (Wildman–Crippen MR) is 119 cm³/mol. The van der Waals surface area contributed by atoms with Crippen LogP contribution in [0.4, 0.5) is 0 Å².